The summed E-state index contributed by atoms with van der Waals surface area (Å²) in [6.45, 7) is 2.93. The maximum atomic E-state index is 13.1. The molecule has 3 heterocycles. The van der Waals surface area contributed by atoms with E-state index in [1.165, 1.54) is 0 Å². The number of nitrogens with zero attached hydrogens (tertiary/aromatic N) is 6. The van der Waals surface area contributed by atoms with Gasteiger partial charge in [-0.15, -0.1) is 5.10 Å². The van der Waals surface area contributed by atoms with Crippen molar-refractivity contribution in [3.63, 3.8) is 0 Å². The summed E-state index contributed by atoms with van der Waals surface area (Å²) in [6, 6.07) is 5.22. The molecule has 0 unspecified atom stereocenters. The van der Waals surface area contributed by atoms with Crippen molar-refractivity contribution in [2.45, 2.75) is 25.8 Å². The summed E-state index contributed by atoms with van der Waals surface area (Å²) in [5.74, 6) is 1.93. The largest absolute Gasteiger partial charge is 0.497 e. The van der Waals surface area contributed by atoms with Gasteiger partial charge in [-0.2, -0.15) is 4.98 Å². The third kappa shape index (κ3) is 3.78. The predicted molar refractivity (Wildman–Crippen MR) is 102 cm³/mol. The molecule has 0 bridgehead atoms. The maximum absolute atomic E-state index is 13.1. The highest BCUT2D eigenvalue weighted by Crippen LogP contribution is 2.29. The van der Waals surface area contributed by atoms with Crippen LogP contribution in [0.3, 0.4) is 0 Å². The van der Waals surface area contributed by atoms with Gasteiger partial charge in [-0.3, -0.25) is 4.79 Å². The second kappa shape index (κ2) is 7.90. The fourth-order valence-electron chi connectivity index (χ4n) is 3.46. The van der Waals surface area contributed by atoms with E-state index in [1.54, 1.807) is 50.2 Å². The lowest BCUT2D eigenvalue weighted by Gasteiger charge is -2.33. The summed E-state index contributed by atoms with van der Waals surface area (Å²) >= 11 is 0. The lowest BCUT2D eigenvalue weighted by Crippen LogP contribution is -2.41. The normalized spacial score (nSPS) is 16.7. The lowest BCUT2D eigenvalue weighted by molar-refractivity contribution is 0.0668. The van der Waals surface area contributed by atoms with Crippen molar-refractivity contribution in [1.29, 1.82) is 0 Å². The Balaban J connectivity index is 1.51. The molecule has 0 spiro atoms. The molecule has 2 aromatic heterocycles. The zero-order valence-corrected chi connectivity index (χ0v) is 16.5. The Kier molecular flexibility index (Phi) is 5.15. The van der Waals surface area contributed by atoms with Crippen LogP contribution in [-0.2, 0) is 0 Å². The standard InChI is InChI=1S/C19H22N6O4/c1-12-20-18(22-29-12)16-11-25(23-21-16)13-5-4-8-24(10-13)19(26)15-7-6-14(27-2)9-17(15)28-3/h6-7,9,11,13H,4-5,8,10H2,1-3H3/t13-/m0/s1. The second-order valence-corrected chi connectivity index (χ2v) is 6.83. The van der Waals surface area contributed by atoms with Crippen molar-refractivity contribution >= 4 is 5.91 Å². The molecule has 1 aromatic carbocycles. The minimum Gasteiger partial charge on any atom is -0.497 e. The zero-order chi connectivity index (χ0) is 20.4. The number of benzene rings is 1. The van der Waals surface area contributed by atoms with E-state index in [1.807, 2.05) is 4.90 Å². The van der Waals surface area contributed by atoms with E-state index in [-0.39, 0.29) is 11.9 Å². The average molecular weight is 398 g/mol. The first-order chi connectivity index (χ1) is 14.1. The molecule has 4 rings (SSSR count). The molecule has 1 atom stereocenters. The first-order valence-electron chi connectivity index (χ1n) is 9.33. The maximum Gasteiger partial charge on any atom is 0.257 e. The quantitative estimate of drug-likeness (QED) is 0.643. The third-order valence-electron chi connectivity index (χ3n) is 4.96. The van der Waals surface area contributed by atoms with Gasteiger partial charge in [0.25, 0.3) is 5.91 Å². The van der Waals surface area contributed by atoms with Gasteiger partial charge in [-0.05, 0) is 25.0 Å². The number of ether oxygens (including phenoxy) is 2. The van der Waals surface area contributed by atoms with Gasteiger partial charge in [0.15, 0.2) is 5.69 Å². The van der Waals surface area contributed by atoms with Crippen LogP contribution in [0.1, 0.15) is 35.1 Å². The van der Waals surface area contributed by atoms with E-state index in [4.69, 9.17) is 14.0 Å². The van der Waals surface area contributed by atoms with Crippen molar-refractivity contribution in [3.05, 3.63) is 35.9 Å². The average Bonchev–Trinajstić information content (AvgIpc) is 3.42. The number of hydrogen-bond acceptors (Lipinski definition) is 8. The van der Waals surface area contributed by atoms with Crippen molar-refractivity contribution in [3.8, 4) is 23.0 Å². The monoisotopic (exact) mass is 398 g/mol. The minimum absolute atomic E-state index is 0.0196. The van der Waals surface area contributed by atoms with E-state index in [9.17, 15) is 4.79 Å². The molecule has 1 amide bonds. The Morgan fingerprint density at radius 1 is 1.28 bits per heavy atom. The number of carbonyl (C=O) groups is 1. The van der Waals surface area contributed by atoms with Crippen LogP contribution in [0, 0.1) is 6.92 Å². The minimum atomic E-state index is -0.0802. The summed E-state index contributed by atoms with van der Waals surface area (Å²) in [6.07, 6.45) is 3.56. The van der Waals surface area contributed by atoms with Crippen molar-refractivity contribution in [2.24, 2.45) is 0 Å². The van der Waals surface area contributed by atoms with Crippen molar-refractivity contribution in [2.75, 3.05) is 27.3 Å². The molecule has 0 radical (unpaired) electrons. The number of aromatic nitrogens is 5. The topological polar surface area (TPSA) is 108 Å². The molecule has 10 nitrogen and oxygen atoms in total. The van der Waals surface area contributed by atoms with Gasteiger partial charge >= 0.3 is 0 Å². The van der Waals surface area contributed by atoms with Crippen molar-refractivity contribution in [1.82, 2.24) is 30.0 Å². The Bertz CT molecular complexity index is 1010. The molecule has 29 heavy (non-hydrogen) atoms. The van der Waals surface area contributed by atoms with Crippen molar-refractivity contribution < 1.29 is 18.8 Å². The number of likely N-dealkylation sites (tertiary alicyclic amines) is 1. The molecule has 1 aliphatic rings. The summed E-state index contributed by atoms with van der Waals surface area (Å²) in [4.78, 5) is 19.1. The van der Waals surface area contributed by atoms with E-state index in [0.29, 0.717) is 47.6 Å². The summed E-state index contributed by atoms with van der Waals surface area (Å²) in [7, 11) is 3.12. The first-order valence-corrected chi connectivity index (χ1v) is 9.33. The fourth-order valence-corrected chi connectivity index (χ4v) is 3.46. The second-order valence-electron chi connectivity index (χ2n) is 6.83. The molecule has 0 saturated carbocycles. The lowest BCUT2D eigenvalue weighted by atomic mass is 10.0. The summed E-state index contributed by atoms with van der Waals surface area (Å²) in [5, 5.41) is 12.2. The zero-order valence-electron chi connectivity index (χ0n) is 16.5. The van der Waals surface area contributed by atoms with E-state index in [2.05, 4.69) is 20.5 Å². The van der Waals surface area contributed by atoms with Gasteiger partial charge < -0.3 is 18.9 Å². The van der Waals surface area contributed by atoms with Crippen LogP contribution in [0.4, 0.5) is 0 Å². The van der Waals surface area contributed by atoms with Crippen LogP contribution in [0.5, 0.6) is 11.5 Å². The summed E-state index contributed by atoms with van der Waals surface area (Å²) in [5.41, 5.74) is 1.05. The van der Waals surface area contributed by atoms with Crippen LogP contribution in [-0.4, -0.2) is 63.3 Å². The highest BCUT2D eigenvalue weighted by atomic mass is 16.5. The number of hydrogen-bond donors (Lipinski definition) is 0. The number of aryl methyl sites for hydroxylation is 1. The van der Waals surface area contributed by atoms with E-state index in [0.717, 1.165) is 12.8 Å². The molecule has 10 heteroatoms. The van der Waals surface area contributed by atoms with Gasteiger partial charge in [0.2, 0.25) is 11.7 Å². The number of rotatable bonds is 5. The molecule has 1 saturated heterocycles. The summed E-state index contributed by atoms with van der Waals surface area (Å²) < 4.78 is 17.4. The Hall–Kier alpha value is -3.43. The molecular weight excluding hydrogens is 376 g/mol. The number of carbonyl (C=O) groups excluding carboxylic acids is 1. The highest BCUT2D eigenvalue weighted by Gasteiger charge is 2.28. The van der Waals surface area contributed by atoms with Gasteiger partial charge in [0, 0.05) is 26.1 Å². The number of amides is 1. The Morgan fingerprint density at radius 2 is 2.14 bits per heavy atom. The SMILES string of the molecule is COc1ccc(C(=O)N2CCC[C@H](n3cc(-c4noc(C)n4)nn3)C2)c(OC)c1. The predicted octanol–water partition coefficient (Wildman–Crippen LogP) is 2.13. The number of piperidine rings is 1. The molecular formula is C19H22N6O4. The third-order valence-corrected chi connectivity index (χ3v) is 4.96. The molecule has 152 valence electrons. The van der Waals surface area contributed by atoms with Gasteiger partial charge in [0.1, 0.15) is 11.5 Å². The molecule has 1 aliphatic heterocycles. The highest BCUT2D eigenvalue weighted by molar-refractivity contribution is 5.97. The van der Waals surface area contributed by atoms with Crippen LogP contribution < -0.4 is 9.47 Å². The fraction of sp³-hybridized carbons (Fsp3) is 0.421. The van der Waals surface area contributed by atoms with E-state index >= 15 is 0 Å². The van der Waals surface area contributed by atoms with Gasteiger partial charge in [-0.1, -0.05) is 10.4 Å². The van der Waals surface area contributed by atoms with E-state index < -0.39 is 0 Å². The van der Waals surface area contributed by atoms with Crippen LogP contribution in [0.2, 0.25) is 0 Å². The van der Waals surface area contributed by atoms with Gasteiger partial charge in [-0.25, -0.2) is 4.68 Å². The van der Waals surface area contributed by atoms with Crippen LogP contribution in [0.15, 0.2) is 28.9 Å². The molecule has 1 fully saturated rings. The molecule has 0 N–H and O–H groups in total. The Morgan fingerprint density at radius 3 is 2.86 bits per heavy atom. The number of methoxy groups -OCH3 is 2. The first kappa shape index (κ1) is 18.9. The van der Waals surface area contributed by atoms with Gasteiger partial charge in [0.05, 0.1) is 32.0 Å². The molecule has 0 aliphatic carbocycles. The Labute approximate surface area is 167 Å². The van der Waals surface area contributed by atoms with Crippen LogP contribution >= 0.6 is 0 Å². The molecule has 3 aromatic rings. The van der Waals surface area contributed by atoms with Crippen LogP contribution in [0.25, 0.3) is 11.5 Å². The smallest absolute Gasteiger partial charge is 0.257 e.